The largest absolute Gasteiger partial charge is 0.335 e. The highest BCUT2D eigenvalue weighted by Gasteiger charge is 2.21. The molecule has 0 aliphatic rings. The molecule has 8 heteroatoms. The molecule has 156 valence electrons. The Morgan fingerprint density at radius 3 is 2.39 bits per heavy atom. The Bertz CT molecular complexity index is 1190. The van der Waals surface area contributed by atoms with Gasteiger partial charge < -0.3 is 11.2 Å². The van der Waals surface area contributed by atoms with Crippen LogP contribution in [0.3, 0.4) is 0 Å². The summed E-state index contributed by atoms with van der Waals surface area (Å²) in [6, 6.07) is 23.3. The third-order valence-corrected chi connectivity index (χ3v) is 5.74. The molecule has 0 fully saturated rings. The SMILES string of the molecule is CC(Sc1nnc(-c2ccc(F)cc2)n1N)C(=O)Nc1ccccc1-c1ccccc1. The average Bonchev–Trinajstić information content (AvgIpc) is 3.15. The van der Waals surface area contributed by atoms with Gasteiger partial charge in [-0.1, -0.05) is 60.3 Å². The van der Waals surface area contributed by atoms with Crippen molar-refractivity contribution in [3.63, 3.8) is 0 Å². The second kappa shape index (κ2) is 9.01. The van der Waals surface area contributed by atoms with Crippen LogP contribution in [0.25, 0.3) is 22.5 Å². The van der Waals surface area contributed by atoms with Gasteiger partial charge in [0.2, 0.25) is 11.1 Å². The minimum Gasteiger partial charge on any atom is -0.335 e. The number of thioether (sulfide) groups is 1. The van der Waals surface area contributed by atoms with Gasteiger partial charge >= 0.3 is 0 Å². The van der Waals surface area contributed by atoms with Crippen LogP contribution in [0, 0.1) is 5.82 Å². The number of benzene rings is 3. The first-order valence-corrected chi connectivity index (χ1v) is 10.5. The maximum Gasteiger partial charge on any atom is 0.237 e. The summed E-state index contributed by atoms with van der Waals surface area (Å²) < 4.78 is 14.5. The van der Waals surface area contributed by atoms with E-state index in [2.05, 4.69) is 15.5 Å². The number of amides is 1. The molecule has 1 atom stereocenters. The van der Waals surface area contributed by atoms with E-state index in [0.29, 0.717) is 16.5 Å². The highest BCUT2D eigenvalue weighted by atomic mass is 32.2. The molecule has 0 spiro atoms. The number of para-hydroxylation sites is 1. The van der Waals surface area contributed by atoms with E-state index in [1.165, 1.54) is 28.6 Å². The topological polar surface area (TPSA) is 85.8 Å². The normalized spacial score (nSPS) is 11.8. The van der Waals surface area contributed by atoms with Crippen molar-refractivity contribution < 1.29 is 9.18 Å². The highest BCUT2D eigenvalue weighted by molar-refractivity contribution is 8.00. The van der Waals surface area contributed by atoms with Gasteiger partial charge in [0.15, 0.2) is 5.82 Å². The van der Waals surface area contributed by atoms with Crippen molar-refractivity contribution >= 4 is 23.4 Å². The number of nitrogens with zero attached hydrogens (tertiary/aromatic N) is 3. The number of nitrogens with one attached hydrogen (secondary N) is 1. The lowest BCUT2D eigenvalue weighted by molar-refractivity contribution is -0.115. The van der Waals surface area contributed by atoms with E-state index in [9.17, 15) is 9.18 Å². The molecule has 1 heterocycles. The molecule has 3 N–H and O–H groups in total. The fourth-order valence-corrected chi connectivity index (χ4v) is 3.83. The molecule has 1 aromatic heterocycles. The van der Waals surface area contributed by atoms with Crippen LogP contribution in [0.5, 0.6) is 0 Å². The van der Waals surface area contributed by atoms with Gasteiger partial charge in [-0.2, -0.15) is 0 Å². The van der Waals surface area contributed by atoms with Crippen LogP contribution in [-0.4, -0.2) is 26.0 Å². The van der Waals surface area contributed by atoms with E-state index in [-0.39, 0.29) is 11.7 Å². The fraction of sp³-hybridized carbons (Fsp3) is 0.0870. The van der Waals surface area contributed by atoms with Gasteiger partial charge in [-0.3, -0.25) is 4.79 Å². The second-order valence-corrected chi connectivity index (χ2v) is 8.15. The Morgan fingerprint density at radius 1 is 0.968 bits per heavy atom. The molecule has 0 saturated carbocycles. The molecule has 31 heavy (non-hydrogen) atoms. The molecule has 0 bridgehead atoms. The summed E-state index contributed by atoms with van der Waals surface area (Å²) in [6.07, 6.45) is 0. The number of anilines is 1. The van der Waals surface area contributed by atoms with Gasteiger partial charge in [0.25, 0.3) is 0 Å². The quantitative estimate of drug-likeness (QED) is 0.343. The summed E-state index contributed by atoms with van der Waals surface area (Å²) in [7, 11) is 0. The first-order chi connectivity index (χ1) is 15.0. The molecule has 0 aliphatic heterocycles. The molecular formula is C23H20FN5OS. The lowest BCUT2D eigenvalue weighted by Crippen LogP contribution is -2.24. The maximum absolute atomic E-state index is 13.2. The van der Waals surface area contributed by atoms with Crippen LogP contribution in [0.4, 0.5) is 10.1 Å². The van der Waals surface area contributed by atoms with Crippen molar-refractivity contribution in [3.05, 3.63) is 84.7 Å². The Morgan fingerprint density at radius 2 is 1.65 bits per heavy atom. The fourth-order valence-electron chi connectivity index (χ4n) is 3.06. The van der Waals surface area contributed by atoms with E-state index in [1.54, 1.807) is 19.1 Å². The van der Waals surface area contributed by atoms with Crippen LogP contribution >= 0.6 is 11.8 Å². The average molecular weight is 434 g/mol. The molecule has 0 aliphatic carbocycles. The number of hydrogen-bond acceptors (Lipinski definition) is 5. The van der Waals surface area contributed by atoms with Crippen LogP contribution < -0.4 is 11.2 Å². The summed E-state index contributed by atoms with van der Waals surface area (Å²) in [6.45, 7) is 1.78. The lowest BCUT2D eigenvalue weighted by Gasteiger charge is -2.14. The number of nitrogens with two attached hydrogens (primary N) is 1. The van der Waals surface area contributed by atoms with E-state index < -0.39 is 5.25 Å². The maximum atomic E-state index is 13.2. The molecule has 1 amide bonds. The molecule has 4 rings (SSSR count). The Kier molecular flexibility index (Phi) is 5.99. The minimum absolute atomic E-state index is 0.181. The molecular weight excluding hydrogens is 413 g/mol. The summed E-state index contributed by atoms with van der Waals surface area (Å²) >= 11 is 1.20. The van der Waals surface area contributed by atoms with E-state index >= 15 is 0 Å². The van der Waals surface area contributed by atoms with Crippen LogP contribution in [-0.2, 0) is 4.79 Å². The van der Waals surface area contributed by atoms with Gasteiger partial charge in [0.1, 0.15) is 5.82 Å². The van der Waals surface area contributed by atoms with E-state index in [4.69, 9.17) is 5.84 Å². The number of hydrogen-bond donors (Lipinski definition) is 2. The van der Waals surface area contributed by atoms with Gasteiger partial charge in [-0.25, -0.2) is 9.07 Å². The van der Waals surface area contributed by atoms with Crippen molar-refractivity contribution in [2.75, 3.05) is 11.2 Å². The van der Waals surface area contributed by atoms with Crippen molar-refractivity contribution in [2.45, 2.75) is 17.3 Å². The highest BCUT2D eigenvalue weighted by Crippen LogP contribution is 2.29. The number of carbonyl (C=O) groups excluding carboxylic acids is 1. The number of aromatic nitrogens is 3. The van der Waals surface area contributed by atoms with Gasteiger partial charge in [0.05, 0.1) is 5.25 Å². The van der Waals surface area contributed by atoms with Crippen molar-refractivity contribution in [1.29, 1.82) is 0 Å². The molecule has 6 nitrogen and oxygen atoms in total. The van der Waals surface area contributed by atoms with Crippen molar-refractivity contribution in [3.8, 4) is 22.5 Å². The van der Waals surface area contributed by atoms with Gasteiger partial charge in [0, 0.05) is 16.8 Å². The predicted molar refractivity (Wildman–Crippen MR) is 121 cm³/mol. The van der Waals surface area contributed by atoms with E-state index in [1.807, 2.05) is 54.6 Å². The number of carbonyl (C=O) groups is 1. The van der Waals surface area contributed by atoms with Crippen molar-refractivity contribution in [1.82, 2.24) is 14.9 Å². The van der Waals surface area contributed by atoms with Crippen molar-refractivity contribution in [2.24, 2.45) is 0 Å². The number of rotatable bonds is 6. The number of nitrogen functional groups attached to an aromatic ring is 1. The standard InChI is InChI=1S/C23H20FN5OS/c1-15(31-23-28-27-21(29(23)25)17-11-13-18(24)14-12-17)22(30)26-20-10-6-5-9-19(20)16-7-3-2-4-8-16/h2-15H,25H2,1H3,(H,26,30). The summed E-state index contributed by atoms with van der Waals surface area (Å²) in [5, 5.41) is 11.1. The zero-order valence-corrected chi connectivity index (χ0v) is 17.5. The third-order valence-electron chi connectivity index (χ3n) is 4.69. The molecule has 3 aromatic carbocycles. The summed E-state index contributed by atoms with van der Waals surface area (Å²) in [5.74, 6) is 5.99. The lowest BCUT2D eigenvalue weighted by atomic mass is 10.0. The minimum atomic E-state index is -0.476. The third kappa shape index (κ3) is 4.59. The van der Waals surface area contributed by atoms with Crippen LogP contribution in [0.1, 0.15) is 6.92 Å². The second-order valence-electron chi connectivity index (χ2n) is 6.84. The first-order valence-electron chi connectivity index (χ1n) is 9.61. The van der Waals surface area contributed by atoms with E-state index in [0.717, 1.165) is 16.8 Å². The Balaban J connectivity index is 1.49. The van der Waals surface area contributed by atoms with Gasteiger partial charge in [-0.05, 0) is 42.8 Å². The van der Waals surface area contributed by atoms with Crippen LogP contribution in [0.2, 0.25) is 0 Å². The smallest absolute Gasteiger partial charge is 0.237 e. The zero-order chi connectivity index (χ0) is 21.8. The first kappa shape index (κ1) is 20.6. The Hall–Kier alpha value is -3.65. The Labute approximate surface area is 183 Å². The molecule has 0 saturated heterocycles. The molecule has 1 unspecified atom stereocenters. The molecule has 4 aromatic rings. The van der Waals surface area contributed by atoms with Gasteiger partial charge in [-0.15, -0.1) is 10.2 Å². The number of halogens is 1. The van der Waals surface area contributed by atoms with Crippen LogP contribution in [0.15, 0.2) is 84.0 Å². The summed E-state index contributed by atoms with van der Waals surface area (Å²) in [5.41, 5.74) is 3.32. The summed E-state index contributed by atoms with van der Waals surface area (Å²) in [4.78, 5) is 12.9. The predicted octanol–water partition coefficient (Wildman–Crippen LogP) is 4.58. The molecule has 0 radical (unpaired) electrons. The monoisotopic (exact) mass is 433 g/mol. The zero-order valence-electron chi connectivity index (χ0n) is 16.7.